The Bertz CT molecular complexity index is 1190. The van der Waals surface area contributed by atoms with E-state index in [0.717, 1.165) is 11.1 Å². The summed E-state index contributed by atoms with van der Waals surface area (Å²) >= 11 is 0. The van der Waals surface area contributed by atoms with Crippen LogP contribution in [0.1, 0.15) is 6.92 Å². The first-order chi connectivity index (χ1) is 14.0. The van der Waals surface area contributed by atoms with Crippen molar-refractivity contribution in [3.8, 4) is 22.4 Å². The van der Waals surface area contributed by atoms with Crippen LogP contribution in [0.4, 0.5) is 20.8 Å². The Labute approximate surface area is 166 Å². The number of H-pyrrole nitrogens is 1. The molecule has 0 saturated carbocycles. The minimum absolute atomic E-state index is 0.197. The summed E-state index contributed by atoms with van der Waals surface area (Å²) in [5.74, 6) is -0.186. The lowest BCUT2D eigenvalue weighted by Crippen LogP contribution is -2.28. The number of aromatic nitrogens is 3. The van der Waals surface area contributed by atoms with Crippen molar-refractivity contribution in [3.63, 3.8) is 0 Å². The van der Waals surface area contributed by atoms with Crippen LogP contribution in [0, 0.1) is 5.82 Å². The van der Waals surface area contributed by atoms with E-state index in [4.69, 9.17) is 5.73 Å². The number of nitrogens with zero attached hydrogens (tertiary/aromatic N) is 2. The first-order valence-corrected chi connectivity index (χ1v) is 9.10. The Morgan fingerprint density at radius 2 is 1.97 bits per heavy atom. The second kappa shape index (κ2) is 7.59. The van der Waals surface area contributed by atoms with Crippen LogP contribution >= 0.6 is 0 Å². The fourth-order valence-corrected chi connectivity index (χ4v) is 3.10. The summed E-state index contributed by atoms with van der Waals surface area (Å²) in [6, 6.07) is 13.6. The highest BCUT2D eigenvalue weighted by Gasteiger charge is 2.16. The van der Waals surface area contributed by atoms with Gasteiger partial charge in [0.05, 0.1) is 11.0 Å². The number of nitrogens with two attached hydrogens (primary N) is 1. The largest absolute Gasteiger partial charge is 0.399 e. The number of amides is 2. The van der Waals surface area contributed by atoms with Crippen molar-refractivity contribution in [3.05, 3.63) is 60.5 Å². The van der Waals surface area contributed by atoms with E-state index in [9.17, 15) is 9.18 Å². The molecule has 146 valence electrons. The average Bonchev–Trinajstić information content (AvgIpc) is 3.10. The predicted octanol–water partition coefficient (Wildman–Crippen LogP) is 4.15. The van der Waals surface area contributed by atoms with Gasteiger partial charge in [0.15, 0.2) is 0 Å². The van der Waals surface area contributed by atoms with Crippen molar-refractivity contribution in [1.29, 1.82) is 0 Å². The van der Waals surface area contributed by atoms with Crippen LogP contribution < -0.4 is 16.4 Å². The van der Waals surface area contributed by atoms with Crippen molar-refractivity contribution in [2.75, 3.05) is 17.6 Å². The summed E-state index contributed by atoms with van der Waals surface area (Å²) in [6.45, 7) is 2.30. The third-order valence-corrected chi connectivity index (χ3v) is 4.42. The van der Waals surface area contributed by atoms with Gasteiger partial charge in [0.1, 0.15) is 11.5 Å². The van der Waals surface area contributed by atoms with Crippen LogP contribution in [0.2, 0.25) is 0 Å². The lowest BCUT2D eigenvalue weighted by molar-refractivity contribution is 0.252. The average molecular weight is 390 g/mol. The normalized spacial score (nSPS) is 10.8. The molecule has 0 aliphatic rings. The number of anilines is 2. The maximum atomic E-state index is 14.5. The van der Waals surface area contributed by atoms with E-state index in [1.807, 2.05) is 31.2 Å². The maximum Gasteiger partial charge on any atom is 0.321 e. The first-order valence-electron chi connectivity index (χ1n) is 9.10. The molecule has 0 bridgehead atoms. The number of halogens is 1. The van der Waals surface area contributed by atoms with Gasteiger partial charge in [-0.3, -0.25) is 10.3 Å². The van der Waals surface area contributed by atoms with E-state index in [2.05, 4.69) is 25.6 Å². The second-order valence-electron chi connectivity index (χ2n) is 6.44. The minimum Gasteiger partial charge on any atom is -0.399 e. The number of fused-ring (bicyclic) bond motifs is 1. The van der Waals surface area contributed by atoms with Gasteiger partial charge in [-0.05, 0) is 54.4 Å². The van der Waals surface area contributed by atoms with Crippen molar-refractivity contribution in [2.24, 2.45) is 0 Å². The number of pyridine rings is 1. The number of hydrogen-bond donors (Lipinski definition) is 4. The first kappa shape index (κ1) is 18.4. The third-order valence-electron chi connectivity index (χ3n) is 4.42. The highest BCUT2D eigenvalue weighted by molar-refractivity contribution is 5.98. The zero-order chi connectivity index (χ0) is 20.4. The molecule has 2 aromatic heterocycles. The minimum atomic E-state index is -0.448. The quantitative estimate of drug-likeness (QED) is 0.392. The molecule has 0 aliphatic carbocycles. The Kier molecular flexibility index (Phi) is 4.82. The highest BCUT2D eigenvalue weighted by atomic mass is 19.1. The van der Waals surface area contributed by atoms with E-state index in [1.165, 1.54) is 18.3 Å². The van der Waals surface area contributed by atoms with Crippen LogP contribution in [0.25, 0.3) is 33.4 Å². The number of carbonyl (C=O) groups excluding carboxylic acids is 1. The molecule has 29 heavy (non-hydrogen) atoms. The number of nitrogen functional groups attached to an aromatic ring is 1. The van der Waals surface area contributed by atoms with Crippen LogP contribution in [-0.4, -0.2) is 27.5 Å². The Balaban J connectivity index is 1.89. The van der Waals surface area contributed by atoms with E-state index >= 15 is 0 Å². The number of hydrogen-bond acceptors (Lipinski definition) is 4. The molecule has 2 amide bonds. The molecule has 0 atom stereocenters. The van der Waals surface area contributed by atoms with E-state index in [-0.39, 0.29) is 17.7 Å². The zero-order valence-electron chi connectivity index (χ0n) is 15.7. The second-order valence-corrected chi connectivity index (χ2v) is 6.44. The van der Waals surface area contributed by atoms with Gasteiger partial charge in [0.25, 0.3) is 0 Å². The van der Waals surface area contributed by atoms with Crippen LogP contribution in [-0.2, 0) is 0 Å². The SMILES string of the molecule is CCNC(=O)Nc1nc2cc(-c3ccc(N)cc3)cc(-c3ncccc3F)c2[nH]1. The molecule has 8 heteroatoms. The molecular weight excluding hydrogens is 371 g/mol. The van der Waals surface area contributed by atoms with E-state index in [0.29, 0.717) is 28.8 Å². The molecule has 4 aromatic rings. The summed E-state index contributed by atoms with van der Waals surface area (Å²) in [5, 5.41) is 5.29. The van der Waals surface area contributed by atoms with E-state index in [1.54, 1.807) is 12.1 Å². The summed E-state index contributed by atoms with van der Waals surface area (Å²) in [4.78, 5) is 23.6. The molecule has 0 saturated heterocycles. The lowest BCUT2D eigenvalue weighted by Gasteiger charge is -2.08. The Morgan fingerprint density at radius 1 is 1.17 bits per heavy atom. The third kappa shape index (κ3) is 3.73. The summed E-state index contributed by atoms with van der Waals surface area (Å²) in [7, 11) is 0. The van der Waals surface area contributed by atoms with Crippen molar-refractivity contribution < 1.29 is 9.18 Å². The molecule has 0 fully saturated rings. The number of imidazole rings is 1. The van der Waals surface area contributed by atoms with Gasteiger partial charge in [0, 0.05) is 24.0 Å². The standard InChI is InChI=1S/C21H19FN6O/c1-2-24-21(29)28-20-26-17-11-13(12-5-7-14(23)8-6-12)10-15(19(17)27-20)18-16(22)4-3-9-25-18/h3-11H,2,23H2,1H3,(H3,24,26,27,28,29). The van der Waals surface area contributed by atoms with Crippen LogP contribution in [0.15, 0.2) is 54.7 Å². The molecule has 0 radical (unpaired) electrons. The molecule has 0 aliphatic heterocycles. The van der Waals surface area contributed by atoms with Gasteiger partial charge in [-0.15, -0.1) is 0 Å². The molecule has 2 aromatic carbocycles. The topological polar surface area (TPSA) is 109 Å². The number of aromatic amines is 1. The molecule has 0 unspecified atom stereocenters. The maximum absolute atomic E-state index is 14.5. The molecule has 4 rings (SSSR count). The number of urea groups is 1. The fourth-order valence-electron chi connectivity index (χ4n) is 3.10. The zero-order valence-corrected chi connectivity index (χ0v) is 15.7. The Hall–Kier alpha value is -3.94. The van der Waals surface area contributed by atoms with Gasteiger partial charge >= 0.3 is 6.03 Å². The molecular formula is C21H19FN6O. The van der Waals surface area contributed by atoms with Gasteiger partial charge in [-0.25, -0.2) is 14.2 Å². The smallest absolute Gasteiger partial charge is 0.321 e. The molecule has 7 nitrogen and oxygen atoms in total. The molecule has 2 heterocycles. The van der Waals surface area contributed by atoms with E-state index < -0.39 is 5.82 Å². The summed E-state index contributed by atoms with van der Waals surface area (Å²) < 4.78 is 14.5. The van der Waals surface area contributed by atoms with Gasteiger partial charge < -0.3 is 16.0 Å². The molecule has 5 N–H and O–H groups in total. The van der Waals surface area contributed by atoms with Crippen molar-refractivity contribution in [1.82, 2.24) is 20.3 Å². The summed E-state index contributed by atoms with van der Waals surface area (Å²) in [5.41, 5.74) is 10.1. The lowest BCUT2D eigenvalue weighted by atomic mass is 9.99. The van der Waals surface area contributed by atoms with Crippen LogP contribution in [0.3, 0.4) is 0 Å². The van der Waals surface area contributed by atoms with Crippen molar-refractivity contribution in [2.45, 2.75) is 6.92 Å². The fraction of sp³-hybridized carbons (Fsp3) is 0.0952. The van der Waals surface area contributed by atoms with Gasteiger partial charge in [0.2, 0.25) is 5.95 Å². The number of carbonyl (C=O) groups is 1. The van der Waals surface area contributed by atoms with Gasteiger partial charge in [-0.2, -0.15) is 0 Å². The van der Waals surface area contributed by atoms with Crippen LogP contribution in [0.5, 0.6) is 0 Å². The number of nitrogens with one attached hydrogen (secondary N) is 3. The number of benzene rings is 2. The Morgan fingerprint density at radius 3 is 2.69 bits per heavy atom. The highest BCUT2D eigenvalue weighted by Crippen LogP contribution is 2.34. The monoisotopic (exact) mass is 390 g/mol. The van der Waals surface area contributed by atoms with Crippen molar-refractivity contribution >= 4 is 28.7 Å². The number of rotatable bonds is 4. The predicted molar refractivity (Wildman–Crippen MR) is 112 cm³/mol. The van der Waals surface area contributed by atoms with Gasteiger partial charge in [-0.1, -0.05) is 12.1 Å². The molecule has 0 spiro atoms. The summed E-state index contributed by atoms with van der Waals surface area (Å²) in [6.07, 6.45) is 1.53.